The van der Waals surface area contributed by atoms with Crippen molar-refractivity contribution in [1.82, 2.24) is 4.98 Å². The molecule has 0 bridgehead atoms. The Kier molecular flexibility index (Phi) is 3.40. The second-order valence-electron chi connectivity index (χ2n) is 5.78. The van der Waals surface area contributed by atoms with Crippen LogP contribution in [0.5, 0.6) is 0 Å². The number of benzene rings is 1. The first-order valence-corrected chi connectivity index (χ1v) is 7.03. The minimum atomic E-state index is -4.25. The Balaban J connectivity index is 1.96. The largest absolute Gasteiger partial charge is 0.391 e. The number of fused-ring (bicyclic) bond motifs is 1. The number of halogens is 3. The van der Waals surface area contributed by atoms with Gasteiger partial charge in [-0.2, -0.15) is 13.2 Å². The lowest BCUT2D eigenvalue weighted by Crippen LogP contribution is -2.38. The molecular weight excluding hydrogens is 279 g/mol. The molecule has 0 amide bonds. The molecule has 1 N–H and O–H groups in total. The molecule has 5 heteroatoms. The van der Waals surface area contributed by atoms with Crippen LogP contribution in [0, 0.1) is 5.92 Å². The quantitative estimate of drug-likeness (QED) is 0.856. The third kappa shape index (κ3) is 2.75. The normalized spacial score (nSPS) is 27.0. The van der Waals surface area contributed by atoms with Gasteiger partial charge in [-0.1, -0.05) is 18.2 Å². The maximum atomic E-state index is 12.9. The molecule has 1 aromatic carbocycles. The molecule has 112 valence electrons. The molecule has 2 atom stereocenters. The van der Waals surface area contributed by atoms with Gasteiger partial charge in [-0.25, -0.2) is 0 Å². The van der Waals surface area contributed by atoms with E-state index in [4.69, 9.17) is 0 Å². The van der Waals surface area contributed by atoms with Crippen LogP contribution in [0.3, 0.4) is 0 Å². The van der Waals surface area contributed by atoms with Crippen molar-refractivity contribution in [2.45, 2.75) is 37.5 Å². The highest BCUT2D eigenvalue weighted by Gasteiger charge is 2.47. The first kappa shape index (κ1) is 14.3. The average molecular weight is 295 g/mol. The summed E-state index contributed by atoms with van der Waals surface area (Å²) >= 11 is 0. The fraction of sp³-hybridized carbons (Fsp3) is 0.438. The fourth-order valence-corrected chi connectivity index (χ4v) is 3.15. The summed E-state index contributed by atoms with van der Waals surface area (Å²) in [6.45, 7) is 0. The zero-order valence-corrected chi connectivity index (χ0v) is 11.4. The summed E-state index contributed by atoms with van der Waals surface area (Å²) in [6.07, 6.45) is -2.05. The van der Waals surface area contributed by atoms with E-state index in [1.165, 1.54) is 0 Å². The van der Waals surface area contributed by atoms with Gasteiger partial charge in [0.2, 0.25) is 0 Å². The van der Waals surface area contributed by atoms with E-state index < -0.39 is 17.7 Å². The van der Waals surface area contributed by atoms with Gasteiger partial charge >= 0.3 is 6.18 Å². The SMILES string of the molecule is OC1(c2ccc3cccnc3c2)CCCC(C(F)(F)F)C1. The molecule has 1 aliphatic rings. The highest BCUT2D eigenvalue weighted by atomic mass is 19.4. The number of alkyl halides is 3. The molecule has 0 saturated heterocycles. The summed E-state index contributed by atoms with van der Waals surface area (Å²) in [5, 5.41) is 11.6. The smallest absolute Gasteiger partial charge is 0.385 e. The van der Waals surface area contributed by atoms with Crippen LogP contribution in [0.25, 0.3) is 10.9 Å². The minimum absolute atomic E-state index is 0.0949. The van der Waals surface area contributed by atoms with E-state index in [2.05, 4.69) is 4.98 Å². The Bertz CT molecular complexity index is 655. The third-order valence-electron chi connectivity index (χ3n) is 4.33. The van der Waals surface area contributed by atoms with Crippen molar-refractivity contribution < 1.29 is 18.3 Å². The van der Waals surface area contributed by atoms with Gasteiger partial charge < -0.3 is 5.11 Å². The van der Waals surface area contributed by atoms with Crippen molar-refractivity contribution in [2.75, 3.05) is 0 Å². The Morgan fingerprint density at radius 1 is 1.24 bits per heavy atom. The van der Waals surface area contributed by atoms with Gasteiger partial charge in [0.1, 0.15) is 0 Å². The summed E-state index contributed by atoms with van der Waals surface area (Å²) in [5.74, 6) is -1.43. The number of aromatic nitrogens is 1. The second kappa shape index (κ2) is 4.98. The molecular formula is C16H16F3NO. The molecule has 0 radical (unpaired) electrons. The maximum absolute atomic E-state index is 12.9. The van der Waals surface area contributed by atoms with Crippen molar-refractivity contribution in [3.8, 4) is 0 Å². The topological polar surface area (TPSA) is 33.1 Å². The van der Waals surface area contributed by atoms with E-state index in [1.807, 2.05) is 6.07 Å². The standard InChI is InChI=1S/C16H16F3NO/c17-16(18,19)13-4-1-7-15(21,10-13)12-6-5-11-3-2-8-20-14(11)9-12/h2-3,5-6,8-9,13,21H,1,4,7,10H2. The zero-order valence-electron chi connectivity index (χ0n) is 11.4. The lowest BCUT2D eigenvalue weighted by molar-refractivity contribution is -0.201. The lowest BCUT2D eigenvalue weighted by atomic mass is 9.74. The van der Waals surface area contributed by atoms with Gasteiger partial charge in [0.25, 0.3) is 0 Å². The van der Waals surface area contributed by atoms with Crippen LogP contribution in [-0.2, 0) is 5.60 Å². The van der Waals surface area contributed by atoms with Gasteiger partial charge in [-0.15, -0.1) is 0 Å². The molecule has 2 unspecified atom stereocenters. The molecule has 21 heavy (non-hydrogen) atoms. The second-order valence-corrected chi connectivity index (χ2v) is 5.78. The van der Waals surface area contributed by atoms with E-state index in [0.29, 0.717) is 23.9 Å². The van der Waals surface area contributed by atoms with E-state index in [0.717, 1.165) is 5.39 Å². The van der Waals surface area contributed by atoms with Crippen molar-refractivity contribution in [3.05, 3.63) is 42.1 Å². The summed E-state index contributed by atoms with van der Waals surface area (Å²) < 4.78 is 38.8. The molecule has 1 aromatic heterocycles. The Morgan fingerprint density at radius 2 is 2.05 bits per heavy atom. The predicted octanol–water partition coefficient (Wildman–Crippen LogP) is 4.17. The summed E-state index contributed by atoms with van der Waals surface area (Å²) in [4.78, 5) is 4.20. The fourth-order valence-electron chi connectivity index (χ4n) is 3.15. The van der Waals surface area contributed by atoms with Gasteiger partial charge in [0.05, 0.1) is 17.0 Å². The van der Waals surface area contributed by atoms with E-state index in [9.17, 15) is 18.3 Å². The molecule has 0 spiro atoms. The van der Waals surface area contributed by atoms with Crippen LogP contribution < -0.4 is 0 Å². The average Bonchev–Trinajstić information content (AvgIpc) is 2.46. The Morgan fingerprint density at radius 3 is 2.81 bits per heavy atom. The number of pyridine rings is 1. The van der Waals surface area contributed by atoms with Crippen molar-refractivity contribution >= 4 is 10.9 Å². The molecule has 1 saturated carbocycles. The van der Waals surface area contributed by atoms with Gasteiger partial charge in [0, 0.05) is 11.6 Å². The van der Waals surface area contributed by atoms with Crippen LogP contribution in [0.15, 0.2) is 36.5 Å². The number of hydrogen-bond acceptors (Lipinski definition) is 2. The van der Waals surface area contributed by atoms with Crippen LogP contribution in [-0.4, -0.2) is 16.3 Å². The van der Waals surface area contributed by atoms with Crippen LogP contribution in [0.2, 0.25) is 0 Å². The van der Waals surface area contributed by atoms with Gasteiger partial charge in [0.15, 0.2) is 0 Å². The van der Waals surface area contributed by atoms with E-state index in [1.54, 1.807) is 30.5 Å². The minimum Gasteiger partial charge on any atom is -0.385 e. The lowest BCUT2D eigenvalue weighted by Gasteiger charge is -2.38. The molecule has 1 fully saturated rings. The predicted molar refractivity (Wildman–Crippen MR) is 73.7 cm³/mol. The van der Waals surface area contributed by atoms with Crippen LogP contribution in [0.1, 0.15) is 31.2 Å². The molecule has 3 rings (SSSR count). The molecule has 1 heterocycles. The van der Waals surface area contributed by atoms with Crippen LogP contribution >= 0.6 is 0 Å². The molecule has 2 nitrogen and oxygen atoms in total. The number of rotatable bonds is 1. The van der Waals surface area contributed by atoms with Crippen molar-refractivity contribution in [1.29, 1.82) is 0 Å². The number of aliphatic hydroxyl groups is 1. The number of hydrogen-bond donors (Lipinski definition) is 1. The molecule has 0 aliphatic heterocycles. The molecule has 2 aromatic rings. The first-order chi connectivity index (χ1) is 9.88. The van der Waals surface area contributed by atoms with Gasteiger partial charge in [-0.3, -0.25) is 4.98 Å². The highest BCUT2D eigenvalue weighted by Crippen LogP contribution is 2.46. The summed E-state index contributed by atoms with van der Waals surface area (Å²) in [6, 6.07) is 8.90. The monoisotopic (exact) mass is 295 g/mol. The highest BCUT2D eigenvalue weighted by molar-refractivity contribution is 5.79. The first-order valence-electron chi connectivity index (χ1n) is 7.03. The summed E-state index contributed by atoms with van der Waals surface area (Å²) in [5.41, 5.74) is -0.190. The molecule has 1 aliphatic carbocycles. The third-order valence-corrected chi connectivity index (χ3v) is 4.33. The maximum Gasteiger partial charge on any atom is 0.391 e. The van der Waals surface area contributed by atoms with Gasteiger partial charge in [-0.05, 0) is 43.4 Å². The van der Waals surface area contributed by atoms with Crippen molar-refractivity contribution in [3.63, 3.8) is 0 Å². The summed E-state index contributed by atoms with van der Waals surface area (Å²) in [7, 11) is 0. The number of nitrogens with zero attached hydrogens (tertiary/aromatic N) is 1. The van der Waals surface area contributed by atoms with E-state index in [-0.39, 0.29) is 12.8 Å². The van der Waals surface area contributed by atoms with Crippen molar-refractivity contribution in [2.24, 2.45) is 5.92 Å². The van der Waals surface area contributed by atoms with Crippen LogP contribution in [0.4, 0.5) is 13.2 Å². The van der Waals surface area contributed by atoms with E-state index >= 15 is 0 Å². The Hall–Kier alpha value is -1.62. The Labute approximate surface area is 120 Å². The zero-order chi connectivity index (χ0) is 15.1.